The van der Waals surface area contributed by atoms with Crippen LogP contribution in [0.3, 0.4) is 0 Å². The van der Waals surface area contributed by atoms with Crippen LogP contribution in [0.15, 0.2) is 41.4 Å². The van der Waals surface area contributed by atoms with Gasteiger partial charge in [-0.25, -0.2) is 28.0 Å². The van der Waals surface area contributed by atoms with Crippen LogP contribution >= 0.6 is 11.6 Å². The Bertz CT molecular complexity index is 819. The monoisotopic (exact) mass is 343 g/mol. The maximum absolute atomic E-state index is 12.2. The SMILES string of the molecule is O=C(NC(=O)OCCl)NS(=O)(=O)c1cccc2cccnc12. The van der Waals surface area contributed by atoms with Gasteiger partial charge in [-0.2, -0.15) is 0 Å². The molecule has 0 bridgehead atoms. The van der Waals surface area contributed by atoms with Gasteiger partial charge < -0.3 is 4.74 Å². The molecule has 0 unspecified atom stereocenters. The summed E-state index contributed by atoms with van der Waals surface area (Å²) in [5.74, 6) is 0. The zero-order valence-electron chi connectivity index (χ0n) is 10.9. The molecule has 1 heterocycles. The number of hydrogen-bond acceptors (Lipinski definition) is 6. The fourth-order valence-electron chi connectivity index (χ4n) is 1.67. The number of alkyl carbamates (subject to hydrolysis) is 1. The first-order valence-electron chi connectivity index (χ1n) is 5.84. The summed E-state index contributed by atoms with van der Waals surface area (Å²) >= 11 is 5.13. The molecule has 0 atom stereocenters. The summed E-state index contributed by atoms with van der Waals surface area (Å²) in [5.41, 5.74) is 0.202. The summed E-state index contributed by atoms with van der Waals surface area (Å²) in [6.07, 6.45) is 0.262. The Morgan fingerprint density at radius 2 is 1.95 bits per heavy atom. The van der Waals surface area contributed by atoms with Gasteiger partial charge in [0, 0.05) is 11.6 Å². The number of imide groups is 1. The second-order valence-electron chi connectivity index (χ2n) is 3.93. The third kappa shape index (κ3) is 3.62. The summed E-state index contributed by atoms with van der Waals surface area (Å²) in [7, 11) is -4.21. The summed E-state index contributed by atoms with van der Waals surface area (Å²) in [4.78, 5) is 26.3. The quantitative estimate of drug-likeness (QED) is 0.817. The summed E-state index contributed by atoms with van der Waals surface area (Å²) in [6, 6.07) is 6.09. The van der Waals surface area contributed by atoms with Gasteiger partial charge in [0.25, 0.3) is 10.0 Å². The van der Waals surface area contributed by atoms with Crippen LogP contribution in [0.4, 0.5) is 9.59 Å². The van der Waals surface area contributed by atoms with Gasteiger partial charge in [-0.3, -0.25) is 4.98 Å². The van der Waals surface area contributed by atoms with Crippen molar-refractivity contribution in [2.45, 2.75) is 4.90 Å². The third-order valence-electron chi connectivity index (χ3n) is 2.51. The Morgan fingerprint density at radius 3 is 2.68 bits per heavy atom. The van der Waals surface area contributed by atoms with Gasteiger partial charge in [0.1, 0.15) is 4.90 Å². The number of fused-ring (bicyclic) bond motifs is 1. The molecule has 10 heteroatoms. The maximum atomic E-state index is 12.2. The lowest BCUT2D eigenvalue weighted by Crippen LogP contribution is -2.42. The first-order chi connectivity index (χ1) is 10.4. The number of nitrogens with zero attached hydrogens (tertiary/aromatic N) is 1. The van der Waals surface area contributed by atoms with E-state index in [0.29, 0.717) is 5.39 Å². The van der Waals surface area contributed by atoms with Gasteiger partial charge in [0.2, 0.25) is 0 Å². The van der Waals surface area contributed by atoms with E-state index < -0.39 is 28.2 Å². The minimum Gasteiger partial charge on any atom is -0.433 e. The number of pyridine rings is 1. The summed E-state index contributed by atoms with van der Waals surface area (Å²) < 4.78 is 30.4. The highest BCUT2D eigenvalue weighted by Gasteiger charge is 2.22. The van der Waals surface area contributed by atoms with E-state index >= 15 is 0 Å². The first-order valence-corrected chi connectivity index (χ1v) is 7.86. The minimum atomic E-state index is -4.21. The van der Waals surface area contributed by atoms with Gasteiger partial charge in [0.15, 0.2) is 6.07 Å². The third-order valence-corrected chi connectivity index (χ3v) is 3.99. The first kappa shape index (κ1) is 16.0. The predicted octanol–water partition coefficient (Wildman–Crippen LogP) is 1.56. The number of para-hydroxylation sites is 1. The number of rotatable bonds is 3. The number of hydrogen-bond donors (Lipinski definition) is 2. The molecular weight excluding hydrogens is 334 g/mol. The Balaban J connectivity index is 2.26. The van der Waals surface area contributed by atoms with Crippen molar-refractivity contribution in [3.63, 3.8) is 0 Å². The predicted molar refractivity (Wildman–Crippen MR) is 77.8 cm³/mol. The normalized spacial score (nSPS) is 11.0. The lowest BCUT2D eigenvalue weighted by atomic mass is 10.2. The maximum Gasteiger partial charge on any atom is 0.416 e. The number of carbonyl (C=O) groups excluding carboxylic acids is 2. The number of nitrogens with one attached hydrogen (secondary N) is 2. The topological polar surface area (TPSA) is 114 Å². The van der Waals surface area contributed by atoms with E-state index in [0.717, 1.165) is 0 Å². The molecule has 116 valence electrons. The van der Waals surface area contributed by atoms with Crippen LogP contribution in [-0.4, -0.2) is 31.6 Å². The fourth-order valence-corrected chi connectivity index (χ4v) is 2.86. The highest BCUT2D eigenvalue weighted by molar-refractivity contribution is 7.90. The molecule has 0 spiro atoms. The minimum absolute atomic E-state index is 0.188. The molecule has 3 amide bonds. The Morgan fingerprint density at radius 1 is 1.23 bits per heavy atom. The average Bonchev–Trinajstić information content (AvgIpc) is 2.46. The second-order valence-corrected chi connectivity index (χ2v) is 5.80. The molecule has 2 N–H and O–H groups in total. The molecule has 1 aromatic heterocycles. The lowest BCUT2D eigenvalue weighted by Gasteiger charge is -2.09. The Hall–Kier alpha value is -2.39. The van der Waals surface area contributed by atoms with Crippen LogP contribution in [0.1, 0.15) is 0 Å². The molecule has 2 rings (SSSR count). The number of benzene rings is 1. The zero-order valence-corrected chi connectivity index (χ0v) is 12.5. The molecule has 0 saturated heterocycles. The second kappa shape index (κ2) is 6.58. The van der Waals surface area contributed by atoms with E-state index in [1.807, 2.05) is 0 Å². The standard InChI is InChI=1S/C12H10ClN3O5S/c13-7-21-12(18)15-11(17)16-22(19,20)9-5-1-3-8-4-2-6-14-10(8)9/h1-6H,7H2,(H2,15,16,17,18). The van der Waals surface area contributed by atoms with Gasteiger partial charge in [-0.05, 0) is 12.1 Å². The van der Waals surface area contributed by atoms with E-state index in [1.165, 1.54) is 18.3 Å². The molecule has 0 radical (unpaired) electrons. The number of halogens is 1. The lowest BCUT2D eigenvalue weighted by molar-refractivity contribution is 0.165. The molecule has 0 aliphatic carbocycles. The number of sulfonamides is 1. The van der Waals surface area contributed by atoms with Crippen LogP contribution in [0.25, 0.3) is 10.9 Å². The van der Waals surface area contributed by atoms with Gasteiger partial charge in [-0.1, -0.05) is 29.8 Å². The van der Waals surface area contributed by atoms with Crippen LogP contribution in [0.2, 0.25) is 0 Å². The van der Waals surface area contributed by atoms with Crippen molar-refractivity contribution in [3.8, 4) is 0 Å². The fraction of sp³-hybridized carbons (Fsp3) is 0.0833. The van der Waals surface area contributed by atoms with Crippen molar-refractivity contribution in [1.29, 1.82) is 0 Å². The van der Waals surface area contributed by atoms with E-state index in [4.69, 9.17) is 11.6 Å². The van der Waals surface area contributed by atoms with E-state index in [9.17, 15) is 18.0 Å². The van der Waals surface area contributed by atoms with Gasteiger partial charge in [-0.15, -0.1) is 0 Å². The molecule has 0 fully saturated rings. The molecule has 0 aliphatic rings. The van der Waals surface area contributed by atoms with Crippen molar-refractivity contribution < 1.29 is 22.7 Å². The van der Waals surface area contributed by atoms with Gasteiger partial charge in [0.05, 0.1) is 5.52 Å². The van der Waals surface area contributed by atoms with Crippen molar-refractivity contribution in [1.82, 2.24) is 15.0 Å². The molecule has 0 aliphatic heterocycles. The molecule has 22 heavy (non-hydrogen) atoms. The van der Waals surface area contributed by atoms with Gasteiger partial charge >= 0.3 is 12.1 Å². The smallest absolute Gasteiger partial charge is 0.416 e. The largest absolute Gasteiger partial charge is 0.433 e. The number of amides is 3. The van der Waals surface area contributed by atoms with Crippen LogP contribution in [0, 0.1) is 0 Å². The highest BCUT2D eigenvalue weighted by Crippen LogP contribution is 2.20. The molecule has 2 aromatic rings. The molecule has 1 aromatic carbocycles. The van der Waals surface area contributed by atoms with Crippen LogP contribution < -0.4 is 10.0 Å². The highest BCUT2D eigenvalue weighted by atomic mass is 35.5. The number of ether oxygens (including phenoxy) is 1. The van der Waals surface area contributed by atoms with Crippen molar-refractivity contribution in [2.75, 3.05) is 6.07 Å². The van der Waals surface area contributed by atoms with E-state index in [1.54, 1.807) is 28.2 Å². The van der Waals surface area contributed by atoms with Crippen molar-refractivity contribution >= 4 is 44.7 Å². The Labute approximate surface area is 130 Å². The van der Waals surface area contributed by atoms with Crippen LogP contribution in [0.5, 0.6) is 0 Å². The number of urea groups is 1. The zero-order chi connectivity index (χ0) is 16.2. The number of carbonyl (C=O) groups is 2. The van der Waals surface area contributed by atoms with E-state index in [-0.39, 0.29) is 10.4 Å². The molecule has 0 saturated carbocycles. The summed E-state index contributed by atoms with van der Waals surface area (Å²) in [6.45, 7) is 0. The van der Waals surface area contributed by atoms with Crippen LogP contribution in [-0.2, 0) is 14.8 Å². The number of alkyl halides is 1. The average molecular weight is 344 g/mol. The van der Waals surface area contributed by atoms with E-state index in [2.05, 4.69) is 9.72 Å². The molecular formula is C12H10ClN3O5S. The summed E-state index contributed by atoms with van der Waals surface area (Å²) in [5, 5.41) is 2.25. The van der Waals surface area contributed by atoms with Crippen molar-refractivity contribution in [2.24, 2.45) is 0 Å². The number of aromatic nitrogens is 1. The molecule has 8 nitrogen and oxygen atoms in total. The van der Waals surface area contributed by atoms with Crippen molar-refractivity contribution in [3.05, 3.63) is 36.5 Å². The Kier molecular flexibility index (Phi) is 4.78.